The molecule has 9 heteroatoms. The summed E-state index contributed by atoms with van der Waals surface area (Å²) in [5, 5.41) is 8.23. The van der Waals surface area contributed by atoms with Gasteiger partial charge in [-0.2, -0.15) is 0 Å². The molecule has 0 unspecified atom stereocenters. The van der Waals surface area contributed by atoms with Crippen LogP contribution >= 0.6 is 12.2 Å². The summed E-state index contributed by atoms with van der Waals surface area (Å²) in [6, 6.07) is 12.8. The molecule has 2 heterocycles. The molecular formula is C21H15FN4O3S. The van der Waals surface area contributed by atoms with E-state index in [-0.39, 0.29) is 23.1 Å². The normalized spacial score (nSPS) is 13.8. The Hall–Kier alpha value is -3.85. The van der Waals surface area contributed by atoms with Crippen LogP contribution in [0.4, 0.5) is 10.1 Å². The molecule has 4 rings (SSSR count). The minimum absolute atomic E-state index is 0.0104. The second-order valence-electron chi connectivity index (χ2n) is 6.58. The Balaban J connectivity index is 1.64. The van der Waals surface area contributed by atoms with E-state index >= 15 is 0 Å². The van der Waals surface area contributed by atoms with Crippen molar-refractivity contribution in [3.63, 3.8) is 0 Å². The fourth-order valence-corrected chi connectivity index (χ4v) is 3.36. The maximum atomic E-state index is 13.0. The molecule has 3 amide bonds. The lowest BCUT2D eigenvalue weighted by Gasteiger charge is -2.16. The SMILES string of the molecule is O=C(Cn1cc(C=C2C(=O)NC(=S)NC2=O)c2ccccc21)Nc1ccc(F)cc1. The molecule has 0 saturated carbocycles. The van der Waals surface area contributed by atoms with E-state index in [1.165, 1.54) is 30.3 Å². The molecule has 0 aliphatic carbocycles. The molecule has 3 aromatic rings. The lowest BCUT2D eigenvalue weighted by Crippen LogP contribution is -2.51. The second kappa shape index (κ2) is 7.88. The maximum Gasteiger partial charge on any atom is 0.263 e. The van der Waals surface area contributed by atoms with Gasteiger partial charge in [-0.1, -0.05) is 18.2 Å². The average Bonchev–Trinajstić information content (AvgIpc) is 3.04. The third-order valence-electron chi connectivity index (χ3n) is 4.50. The van der Waals surface area contributed by atoms with E-state index in [2.05, 4.69) is 16.0 Å². The molecule has 1 fully saturated rings. The molecule has 1 aromatic heterocycles. The largest absolute Gasteiger partial charge is 0.337 e. The van der Waals surface area contributed by atoms with Crippen molar-refractivity contribution >= 4 is 57.7 Å². The molecule has 3 N–H and O–H groups in total. The van der Waals surface area contributed by atoms with Crippen LogP contribution in [0.15, 0.2) is 60.3 Å². The van der Waals surface area contributed by atoms with Crippen molar-refractivity contribution in [1.82, 2.24) is 15.2 Å². The number of nitrogens with one attached hydrogen (secondary N) is 3. The molecule has 30 heavy (non-hydrogen) atoms. The van der Waals surface area contributed by atoms with E-state index in [0.29, 0.717) is 11.3 Å². The van der Waals surface area contributed by atoms with E-state index in [1.807, 2.05) is 24.3 Å². The number of aromatic nitrogens is 1. The van der Waals surface area contributed by atoms with Crippen LogP contribution < -0.4 is 16.0 Å². The van der Waals surface area contributed by atoms with Gasteiger partial charge >= 0.3 is 0 Å². The van der Waals surface area contributed by atoms with Gasteiger partial charge in [0.2, 0.25) is 5.91 Å². The predicted octanol–water partition coefficient (Wildman–Crippen LogP) is 2.33. The Morgan fingerprint density at radius 3 is 2.43 bits per heavy atom. The number of anilines is 1. The summed E-state index contributed by atoms with van der Waals surface area (Å²) in [6.07, 6.45) is 3.15. The van der Waals surface area contributed by atoms with Crippen LogP contribution in [0, 0.1) is 5.82 Å². The zero-order valence-electron chi connectivity index (χ0n) is 15.4. The Morgan fingerprint density at radius 2 is 1.73 bits per heavy atom. The summed E-state index contributed by atoms with van der Waals surface area (Å²) in [5.41, 5.74) is 1.76. The molecule has 150 valence electrons. The molecule has 0 spiro atoms. The monoisotopic (exact) mass is 422 g/mol. The van der Waals surface area contributed by atoms with Crippen molar-refractivity contribution in [3.05, 3.63) is 71.7 Å². The molecule has 0 bridgehead atoms. The first-order valence-electron chi connectivity index (χ1n) is 8.92. The van der Waals surface area contributed by atoms with Crippen LogP contribution in [0.25, 0.3) is 17.0 Å². The van der Waals surface area contributed by atoms with E-state index in [9.17, 15) is 18.8 Å². The molecule has 1 aliphatic rings. The Bertz CT molecular complexity index is 1210. The molecule has 0 atom stereocenters. The first-order chi connectivity index (χ1) is 14.4. The first kappa shape index (κ1) is 19.5. The summed E-state index contributed by atoms with van der Waals surface area (Å²) in [4.78, 5) is 36.8. The number of amides is 3. The van der Waals surface area contributed by atoms with Gasteiger partial charge in [0.15, 0.2) is 5.11 Å². The standard InChI is InChI=1S/C21H15FN4O3S/c22-13-5-7-14(8-6-13)23-18(27)11-26-10-12(15-3-1-2-4-17(15)26)9-16-19(28)24-21(30)25-20(16)29/h1-10H,11H2,(H,23,27)(H2,24,25,28,29,30). The molecule has 1 aliphatic heterocycles. The zero-order valence-corrected chi connectivity index (χ0v) is 16.3. The maximum absolute atomic E-state index is 13.0. The predicted molar refractivity (Wildman–Crippen MR) is 114 cm³/mol. The van der Waals surface area contributed by atoms with Gasteiger partial charge in [-0.15, -0.1) is 0 Å². The van der Waals surface area contributed by atoms with Gasteiger partial charge in [0.25, 0.3) is 11.8 Å². The van der Waals surface area contributed by atoms with Crippen molar-refractivity contribution in [2.75, 3.05) is 5.32 Å². The van der Waals surface area contributed by atoms with Gasteiger partial charge < -0.3 is 9.88 Å². The van der Waals surface area contributed by atoms with Gasteiger partial charge in [-0.3, -0.25) is 25.0 Å². The number of carbonyl (C=O) groups is 3. The third-order valence-corrected chi connectivity index (χ3v) is 4.71. The molecule has 7 nitrogen and oxygen atoms in total. The fraction of sp³-hybridized carbons (Fsp3) is 0.0476. The quantitative estimate of drug-likeness (QED) is 0.342. The number of hydrogen-bond donors (Lipinski definition) is 3. The average molecular weight is 422 g/mol. The highest BCUT2D eigenvalue weighted by Gasteiger charge is 2.26. The fourth-order valence-electron chi connectivity index (χ4n) is 3.17. The van der Waals surface area contributed by atoms with Crippen LogP contribution in [-0.4, -0.2) is 27.4 Å². The van der Waals surface area contributed by atoms with Crippen LogP contribution in [0.3, 0.4) is 0 Å². The van der Waals surface area contributed by atoms with Crippen LogP contribution in [0.5, 0.6) is 0 Å². The van der Waals surface area contributed by atoms with Crippen molar-refractivity contribution in [2.24, 2.45) is 0 Å². The summed E-state index contributed by atoms with van der Waals surface area (Å²) in [6.45, 7) is -0.0104. The number of benzene rings is 2. The Labute approximate surface area is 175 Å². The van der Waals surface area contributed by atoms with Crippen LogP contribution in [-0.2, 0) is 20.9 Å². The molecular weight excluding hydrogens is 407 g/mol. The van der Waals surface area contributed by atoms with Gasteiger partial charge in [0.05, 0.1) is 0 Å². The van der Waals surface area contributed by atoms with Crippen LogP contribution in [0.1, 0.15) is 5.56 Å². The first-order valence-corrected chi connectivity index (χ1v) is 9.33. The van der Waals surface area contributed by atoms with Crippen molar-refractivity contribution in [3.8, 4) is 0 Å². The van der Waals surface area contributed by atoms with Gasteiger partial charge in [0, 0.05) is 28.4 Å². The number of thiocarbonyl (C=S) groups is 1. The third kappa shape index (κ3) is 3.96. The number of halogens is 1. The minimum atomic E-state index is -0.588. The topological polar surface area (TPSA) is 92.2 Å². The lowest BCUT2D eigenvalue weighted by atomic mass is 10.1. The smallest absolute Gasteiger partial charge is 0.263 e. The zero-order chi connectivity index (χ0) is 21.3. The molecule has 2 aromatic carbocycles. The van der Waals surface area contributed by atoms with Crippen molar-refractivity contribution in [2.45, 2.75) is 6.54 Å². The Kier molecular flexibility index (Phi) is 5.11. The van der Waals surface area contributed by atoms with E-state index < -0.39 is 17.6 Å². The summed E-state index contributed by atoms with van der Waals surface area (Å²) in [7, 11) is 0. The molecule has 1 saturated heterocycles. The van der Waals surface area contributed by atoms with Gasteiger partial charge in [-0.25, -0.2) is 4.39 Å². The summed E-state index contributed by atoms with van der Waals surface area (Å²) in [5.74, 6) is -1.87. The van der Waals surface area contributed by atoms with E-state index in [1.54, 1.807) is 10.8 Å². The number of hydrogen-bond acceptors (Lipinski definition) is 4. The number of nitrogens with zero attached hydrogens (tertiary/aromatic N) is 1. The highest BCUT2D eigenvalue weighted by Crippen LogP contribution is 2.24. The highest BCUT2D eigenvalue weighted by molar-refractivity contribution is 7.80. The highest BCUT2D eigenvalue weighted by atomic mass is 32.1. The number of para-hydroxylation sites is 1. The van der Waals surface area contributed by atoms with Gasteiger partial charge in [0.1, 0.15) is 17.9 Å². The van der Waals surface area contributed by atoms with Crippen LogP contribution in [0.2, 0.25) is 0 Å². The number of carbonyl (C=O) groups excluding carboxylic acids is 3. The number of fused-ring (bicyclic) bond motifs is 1. The Morgan fingerprint density at radius 1 is 1.07 bits per heavy atom. The minimum Gasteiger partial charge on any atom is -0.337 e. The van der Waals surface area contributed by atoms with Crippen molar-refractivity contribution in [1.29, 1.82) is 0 Å². The lowest BCUT2D eigenvalue weighted by molar-refractivity contribution is -0.123. The van der Waals surface area contributed by atoms with E-state index in [0.717, 1.165) is 10.9 Å². The summed E-state index contributed by atoms with van der Waals surface area (Å²) >= 11 is 4.81. The second-order valence-corrected chi connectivity index (χ2v) is 6.99. The van der Waals surface area contributed by atoms with E-state index in [4.69, 9.17) is 12.2 Å². The summed E-state index contributed by atoms with van der Waals surface area (Å²) < 4.78 is 14.7. The van der Waals surface area contributed by atoms with Gasteiger partial charge in [-0.05, 0) is 48.6 Å². The number of rotatable bonds is 4. The van der Waals surface area contributed by atoms with Crippen molar-refractivity contribution < 1.29 is 18.8 Å². The molecule has 0 radical (unpaired) electrons.